The highest BCUT2D eigenvalue weighted by Gasteiger charge is 2.34. The van der Waals surface area contributed by atoms with Gasteiger partial charge < -0.3 is 14.6 Å². The smallest absolute Gasteiger partial charge is 0.259 e. The molecule has 2 atom stereocenters. The first-order valence-corrected chi connectivity index (χ1v) is 11.5. The number of nitrogens with one attached hydrogen (secondary N) is 1. The number of benzene rings is 1. The molecule has 1 N–H and O–H groups in total. The fraction of sp³-hybridized carbons (Fsp3) is 0.308. The highest BCUT2D eigenvalue weighted by Crippen LogP contribution is 2.43. The van der Waals surface area contributed by atoms with Gasteiger partial charge in [0.1, 0.15) is 0 Å². The molecule has 6 rings (SSSR count). The van der Waals surface area contributed by atoms with Crippen molar-refractivity contribution in [3.05, 3.63) is 77.7 Å². The Morgan fingerprint density at radius 2 is 1.97 bits per heavy atom. The quantitative estimate of drug-likeness (QED) is 0.463. The molecule has 1 saturated carbocycles. The van der Waals surface area contributed by atoms with Crippen molar-refractivity contribution in [3.8, 4) is 11.3 Å². The molecule has 1 aromatic carbocycles. The van der Waals surface area contributed by atoms with E-state index in [-0.39, 0.29) is 18.1 Å². The molecule has 1 saturated heterocycles. The topological polar surface area (TPSA) is 90.1 Å². The molecule has 0 spiro atoms. The van der Waals surface area contributed by atoms with Gasteiger partial charge in [-0.25, -0.2) is 4.98 Å². The molecule has 0 bridgehead atoms. The third-order valence-corrected chi connectivity index (χ3v) is 6.42. The summed E-state index contributed by atoms with van der Waals surface area (Å²) in [6.45, 7) is 0.714. The van der Waals surface area contributed by atoms with Gasteiger partial charge in [0.25, 0.3) is 11.6 Å². The summed E-state index contributed by atoms with van der Waals surface area (Å²) in [6.07, 6.45) is 7.38. The largest absolute Gasteiger partial charge is 0.376 e. The van der Waals surface area contributed by atoms with Crippen LogP contribution >= 0.6 is 0 Å². The number of hydrogen-bond acceptors (Lipinski definition) is 6. The number of amides is 1. The van der Waals surface area contributed by atoms with Crippen LogP contribution in [0.25, 0.3) is 22.4 Å². The first-order chi connectivity index (χ1) is 16.3. The molecule has 2 unspecified atom stereocenters. The molecular weight excluding hydrogens is 416 g/mol. The van der Waals surface area contributed by atoms with E-state index in [1.54, 1.807) is 12.4 Å². The average Bonchev–Trinajstić information content (AvgIpc) is 3.39. The Morgan fingerprint density at radius 1 is 1.09 bits per heavy atom. The van der Waals surface area contributed by atoms with Crippen molar-refractivity contribution in [3.63, 3.8) is 0 Å². The van der Waals surface area contributed by atoms with Gasteiger partial charge in [-0.05, 0) is 49.4 Å². The molecule has 2 fully saturated rings. The average molecular weight is 441 g/mol. The zero-order valence-corrected chi connectivity index (χ0v) is 18.1. The number of aromatic nitrogens is 3. The fourth-order valence-electron chi connectivity index (χ4n) is 4.59. The van der Waals surface area contributed by atoms with Crippen LogP contribution in [0.15, 0.2) is 65.4 Å². The van der Waals surface area contributed by atoms with Gasteiger partial charge in [-0.2, -0.15) is 0 Å². The van der Waals surface area contributed by atoms with Crippen LogP contribution in [-0.2, 0) is 4.74 Å². The number of carbonyl (C=O) groups excluding carboxylic acids is 1. The van der Waals surface area contributed by atoms with Gasteiger partial charge in [-0.3, -0.25) is 9.78 Å². The summed E-state index contributed by atoms with van der Waals surface area (Å²) in [5.74, 6) is 0.147. The summed E-state index contributed by atoms with van der Waals surface area (Å²) >= 11 is 0. The van der Waals surface area contributed by atoms with Crippen LogP contribution in [0.4, 0.5) is 0 Å². The van der Waals surface area contributed by atoms with Crippen LogP contribution in [0.2, 0.25) is 0 Å². The van der Waals surface area contributed by atoms with Crippen molar-refractivity contribution in [1.82, 2.24) is 20.4 Å². The molecule has 1 aliphatic heterocycles. The number of nitrogens with zero attached hydrogens (tertiary/aromatic N) is 3. The minimum Gasteiger partial charge on any atom is -0.376 e. The SMILES string of the molecule is O=C(NC(c1ccccc1)C1CCCO1)c1cc(-c2cccnc2)nc2onc(C3CC3)c12. The molecule has 4 heterocycles. The number of pyridine rings is 2. The van der Waals surface area contributed by atoms with E-state index in [0.717, 1.165) is 42.5 Å². The summed E-state index contributed by atoms with van der Waals surface area (Å²) in [5.41, 5.74) is 4.22. The van der Waals surface area contributed by atoms with E-state index in [2.05, 4.69) is 20.4 Å². The second kappa shape index (κ2) is 8.41. The molecule has 33 heavy (non-hydrogen) atoms. The third-order valence-electron chi connectivity index (χ3n) is 6.42. The van der Waals surface area contributed by atoms with E-state index < -0.39 is 0 Å². The van der Waals surface area contributed by atoms with Crippen LogP contribution < -0.4 is 5.32 Å². The van der Waals surface area contributed by atoms with Gasteiger partial charge in [0, 0.05) is 30.5 Å². The highest BCUT2D eigenvalue weighted by atomic mass is 16.5. The van der Waals surface area contributed by atoms with Crippen molar-refractivity contribution in [1.29, 1.82) is 0 Å². The Hall–Kier alpha value is -3.58. The summed E-state index contributed by atoms with van der Waals surface area (Å²) < 4.78 is 11.6. The molecule has 166 valence electrons. The zero-order chi connectivity index (χ0) is 22.2. The summed E-state index contributed by atoms with van der Waals surface area (Å²) in [5, 5.41) is 8.26. The van der Waals surface area contributed by atoms with E-state index in [1.165, 1.54) is 0 Å². The Morgan fingerprint density at radius 3 is 2.70 bits per heavy atom. The molecule has 7 nitrogen and oxygen atoms in total. The van der Waals surface area contributed by atoms with Gasteiger partial charge >= 0.3 is 0 Å². The summed E-state index contributed by atoms with van der Waals surface area (Å²) in [4.78, 5) is 22.7. The van der Waals surface area contributed by atoms with Crippen molar-refractivity contribution in [2.24, 2.45) is 0 Å². The van der Waals surface area contributed by atoms with E-state index >= 15 is 0 Å². The van der Waals surface area contributed by atoms with Gasteiger partial charge in [0.05, 0.1) is 34.5 Å². The highest BCUT2D eigenvalue weighted by molar-refractivity contribution is 6.07. The maximum absolute atomic E-state index is 13.8. The number of hydrogen-bond donors (Lipinski definition) is 1. The first kappa shape index (κ1) is 20.1. The summed E-state index contributed by atoms with van der Waals surface area (Å²) in [7, 11) is 0. The van der Waals surface area contributed by atoms with Crippen molar-refractivity contribution < 1.29 is 14.1 Å². The predicted molar refractivity (Wildman–Crippen MR) is 123 cm³/mol. The minimum atomic E-state index is -0.240. The molecule has 1 aliphatic carbocycles. The normalized spacial score (nSPS) is 19.0. The molecule has 4 aromatic rings. The number of carbonyl (C=O) groups is 1. The lowest BCUT2D eigenvalue weighted by atomic mass is 9.98. The fourth-order valence-corrected chi connectivity index (χ4v) is 4.59. The summed E-state index contributed by atoms with van der Waals surface area (Å²) in [6, 6.07) is 15.4. The van der Waals surface area contributed by atoms with Gasteiger partial charge in [0.2, 0.25) is 0 Å². The van der Waals surface area contributed by atoms with Crippen LogP contribution in [0.5, 0.6) is 0 Å². The number of fused-ring (bicyclic) bond motifs is 1. The van der Waals surface area contributed by atoms with Gasteiger partial charge in [0.15, 0.2) is 0 Å². The van der Waals surface area contributed by atoms with E-state index in [9.17, 15) is 4.79 Å². The lowest BCUT2D eigenvalue weighted by molar-refractivity contribution is 0.0673. The third kappa shape index (κ3) is 3.89. The second-order valence-corrected chi connectivity index (χ2v) is 8.73. The molecule has 0 radical (unpaired) electrons. The molecule has 1 amide bonds. The lowest BCUT2D eigenvalue weighted by Crippen LogP contribution is -2.36. The van der Waals surface area contributed by atoms with Gasteiger partial charge in [-0.1, -0.05) is 35.5 Å². The minimum absolute atomic E-state index is 0.0585. The monoisotopic (exact) mass is 440 g/mol. The molecule has 3 aromatic heterocycles. The van der Waals surface area contributed by atoms with Crippen LogP contribution in [-0.4, -0.2) is 33.7 Å². The Labute approximate surface area is 191 Å². The van der Waals surface area contributed by atoms with Gasteiger partial charge in [-0.15, -0.1) is 0 Å². The first-order valence-electron chi connectivity index (χ1n) is 11.5. The maximum atomic E-state index is 13.8. The van der Waals surface area contributed by atoms with Crippen molar-refractivity contribution >= 4 is 17.0 Å². The predicted octanol–water partition coefficient (Wildman–Crippen LogP) is 4.81. The van der Waals surface area contributed by atoms with Crippen molar-refractivity contribution in [2.45, 2.75) is 43.7 Å². The zero-order valence-electron chi connectivity index (χ0n) is 18.1. The van der Waals surface area contributed by atoms with Crippen LogP contribution in [0.3, 0.4) is 0 Å². The second-order valence-electron chi connectivity index (χ2n) is 8.73. The van der Waals surface area contributed by atoms with Crippen molar-refractivity contribution in [2.75, 3.05) is 6.61 Å². The molecule has 2 aliphatic rings. The molecular formula is C26H24N4O3. The molecule has 7 heteroatoms. The Bertz CT molecular complexity index is 1280. The van der Waals surface area contributed by atoms with E-state index in [4.69, 9.17) is 9.26 Å². The van der Waals surface area contributed by atoms with Crippen LogP contribution in [0.1, 0.15) is 59.3 Å². The van der Waals surface area contributed by atoms with E-state index in [1.807, 2.05) is 48.5 Å². The van der Waals surface area contributed by atoms with E-state index in [0.29, 0.717) is 34.9 Å². The number of rotatable bonds is 6. The maximum Gasteiger partial charge on any atom is 0.259 e. The Balaban J connectivity index is 1.43. The van der Waals surface area contributed by atoms with Crippen LogP contribution in [0, 0.1) is 0 Å². The lowest BCUT2D eigenvalue weighted by Gasteiger charge is -2.25. The standard InChI is InChI=1S/C26H24N4O3/c31-25(29-23(21-9-5-13-32-21)16-6-2-1-3-7-16)19-14-20(18-8-4-12-27-15-18)28-26-22(19)24(30-33-26)17-10-11-17/h1-4,6-8,12,14-15,17,21,23H,5,9-11,13H2,(H,29,31). The Kier molecular flexibility index (Phi) is 5.11. The number of ether oxygens (including phenoxy) is 1.